The van der Waals surface area contributed by atoms with Gasteiger partial charge in [-0.25, -0.2) is 5.01 Å². The molecule has 5 nitrogen and oxygen atoms in total. The van der Waals surface area contributed by atoms with Gasteiger partial charge in [0.1, 0.15) is 0 Å². The maximum absolute atomic E-state index is 11.9. The summed E-state index contributed by atoms with van der Waals surface area (Å²) in [6.45, 7) is 2.57. The first-order valence-corrected chi connectivity index (χ1v) is 6.18. The van der Waals surface area contributed by atoms with Gasteiger partial charge >= 0.3 is 5.97 Å². The highest BCUT2D eigenvalue weighted by Crippen LogP contribution is 2.06. The molecule has 17 heavy (non-hydrogen) atoms. The number of carboxylic acid groups (broad SMARTS) is 1. The highest BCUT2D eigenvalue weighted by Gasteiger charge is 2.15. The van der Waals surface area contributed by atoms with Gasteiger partial charge in [0, 0.05) is 33.5 Å². The van der Waals surface area contributed by atoms with Crippen molar-refractivity contribution in [2.75, 3.05) is 20.6 Å². The summed E-state index contributed by atoms with van der Waals surface area (Å²) in [4.78, 5) is 22.3. The fourth-order valence-electron chi connectivity index (χ4n) is 1.58. The Labute approximate surface area is 103 Å². The molecule has 0 heterocycles. The molecule has 0 fully saturated rings. The summed E-state index contributed by atoms with van der Waals surface area (Å²) in [5, 5.41) is 11.9. The predicted octanol–water partition coefficient (Wildman–Crippen LogP) is 1.74. The number of carboxylic acids is 1. The largest absolute Gasteiger partial charge is 0.481 e. The lowest BCUT2D eigenvalue weighted by molar-refractivity contribution is -0.146. The van der Waals surface area contributed by atoms with Crippen LogP contribution >= 0.6 is 0 Å². The van der Waals surface area contributed by atoms with Crippen molar-refractivity contribution in [3.63, 3.8) is 0 Å². The van der Waals surface area contributed by atoms with Gasteiger partial charge in [0.05, 0.1) is 0 Å². The Balaban J connectivity index is 4.03. The third-order valence-electron chi connectivity index (χ3n) is 2.53. The van der Waals surface area contributed by atoms with Gasteiger partial charge in [-0.2, -0.15) is 0 Å². The number of hydrogen-bond acceptors (Lipinski definition) is 3. The Morgan fingerprint density at radius 3 is 2.18 bits per heavy atom. The van der Waals surface area contributed by atoms with E-state index in [1.807, 2.05) is 0 Å². The topological polar surface area (TPSA) is 60.9 Å². The zero-order valence-electron chi connectivity index (χ0n) is 11.1. The Bertz CT molecular complexity index is 242. The summed E-state index contributed by atoms with van der Waals surface area (Å²) in [5.41, 5.74) is 0. The average Bonchev–Trinajstić information content (AvgIpc) is 2.23. The number of unbranched alkanes of at least 4 members (excludes halogenated alkanes) is 2. The van der Waals surface area contributed by atoms with Crippen LogP contribution in [0, 0.1) is 0 Å². The van der Waals surface area contributed by atoms with E-state index in [4.69, 9.17) is 5.11 Å². The summed E-state index contributed by atoms with van der Waals surface area (Å²) in [5.74, 6) is -0.740. The molecule has 0 aliphatic rings. The van der Waals surface area contributed by atoms with Crippen molar-refractivity contribution in [2.45, 2.75) is 45.4 Å². The van der Waals surface area contributed by atoms with Crippen molar-refractivity contribution < 1.29 is 14.7 Å². The summed E-state index contributed by atoms with van der Waals surface area (Å²) in [6.07, 6.45) is 4.19. The predicted molar refractivity (Wildman–Crippen MR) is 66.4 cm³/mol. The minimum absolute atomic E-state index is 0.0776. The number of aliphatic carboxylic acids is 1. The van der Waals surface area contributed by atoms with Crippen molar-refractivity contribution in [1.29, 1.82) is 0 Å². The van der Waals surface area contributed by atoms with Crippen LogP contribution in [0.15, 0.2) is 0 Å². The lowest BCUT2D eigenvalue weighted by Crippen LogP contribution is -2.42. The Kier molecular flexibility index (Phi) is 8.40. The molecule has 0 spiro atoms. The van der Waals surface area contributed by atoms with Gasteiger partial charge in [-0.3, -0.25) is 14.6 Å². The molecule has 5 heteroatoms. The first kappa shape index (κ1) is 15.9. The number of carbonyl (C=O) groups excluding carboxylic acids is 1. The first-order valence-electron chi connectivity index (χ1n) is 6.18. The SMILES string of the molecule is CCCCCC(=O)N(CCCC(=O)O)N(C)C. The van der Waals surface area contributed by atoms with Gasteiger partial charge in [-0.1, -0.05) is 19.8 Å². The van der Waals surface area contributed by atoms with Crippen LogP contribution in [0.25, 0.3) is 0 Å². The summed E-state index contributed by atoms with van der Waals surface area (Å²) < 4.78 is 0. The quantitative estimate of drug-likeness (QED) is 0.496. The van der Waals surface area contributed by atoms with E-state index in [-0.39, 0.29) is 12.3 Å². The molecule has 0 radical (unpaired) electrons. The monoisotopic (exact) mass is 244 g/mol. The second-order valence-corrected chi connectivity index (χ2v) is 4.32. The molecular formula is C12H24N2O3. The summed E-state index contributed by atoms with van der Waals surface area (Å²) in [7, 11) is 3.61. The standard InChI is InChI=1S/C12H24N2O3/c1-4-5-6-8-11(15)14(13(2)3)10-7-9-12(16)17/h4-10H2,1-3H3,(H,16,17). The molecule has 0 aromatic rings. The number of carbonyl (C=O) groups is 2. The Hall–Kier alpha value is -1.10. The minimum Gasteiger partial charge on any atom is -0.481 e. The number of amides is 1. The number of nitrogens with zero attached hydrogens (tertiary/aromatic N) is 2. The van der Waals surface area contributed by atoms with Gasteiger partial charge in [0.15, 0.2) is 0 Å². The molecule has 0 aliphatic carbocycles. The second-order valence-electron chi connectivity index (χ2n) is 4.32. The van der Waals surface area contributed by atoms with E-state index in [0.29, 0.717) is 19.4 Å². The van der Waals surface area contributed by atoms with E-state index >= 15 is 0 Å². The molecule has 1 amide bonds. The molecule has 0 aromatic heterocycles. The normalized spacial score (nSPS) is 10.6. The van der Waals surface area contributed by atoms with Crippen molar-refractivity contribution in [3.8, 4) is 0 Å². The molecule has 0 aliphatic heterocycles. The molecule has 100 valence electrons. The average molecular weight is 244 g/mol. The van der Waals surface area contributed by atoms with Crippen LogP contribution in [0.5, 0.6) is 0 Å². The molecule has 0 saturated heterocycles. The second kappa shape index (κ2) is 8.98. The van der Waals surface area contributed by atoms with Crippen LogP contribution in [0.2, 0.25) is 0 Å². The zero-order chi connectivity index (χ0) is 13.3. The van der Waals surface area contributed by atoms with Crippen LogP contribution in [0.1, 0.15) is 45.4 Å². The van der Waals surface area contributed by atoms with Crippen LogP contribution in [-0.4, -0.2) is 47.6 Å². The first-order chi connectivity index (χ1) is 7.99. The molecule has 0 saturated carbocycles. The molecular weight excluding hydrogens is 220 g/mol. The highest BCUT2D eigenvalue weighted by molar-refractivity contribution is 5.75. The van der Waals surface area contributed by atoms with E-state index in [9.17, 15) is 9.59 Å². The van der Waals surface area contributed by atoms with Crippen molar-refractivity contribution in [3.05, 3.63) is 0 Å². The van der Waals surface area contributed by atoms with Gasteiger partial charge in [-0.15, -0.1) is 0 Å². The van der Waals surface area contributed by atoms with Gasteiger partial charge in [0.2, 0.25) is 5.91 Å². The lowest BCUT2D eigenvalue weighted by atomic mass is 10.2. The Morgan fingerprint density at radius 2 is 1.71 bits per heavy atom. The summed E-state index contributed by atoms with van der Waals surface area (Å²) in [6, 6.07) is 0. The van der Waals surface area contributed by atoms with Crippen molar-refractivity contribution >= 4 is 11.9 Å². The molecule has 0 atom stereocenters. The van der Waals surface area contributed by atoms with E-state index in [1.165, 1.54) is 0 Å². The zero-order valence-corrected chi connectivity index (χ0v) is 11.1. The number of hydrogen-bond donors (Lipinski definition) is 1. The maximum Gasteiger partial charge on any atom is 0.303 e. The van der Waals surface area contributed by atoms with E-state index < -0.39 is 5.97 Å². The maximum atomic E-state index is 11.9. The van der Waals surface area contributed by atoms with Gasteiger partial charge in [-0.05, 0) is 12.8 Å². The third-order valence-corrected chi connectivity index (χ3v) is 2.53. The van der Waals surface area contributed by atoms with Crippen molar-refractivity contribution in [2.24, 2.45) is 0 Å². The fourth-order valence-corrected chi connectivity index (χ4v) is 1.58. The van der Waals surface area contributed by atoms with Gasteiger partial charge < -0.3 is 5.11 Å². The number of rotatable bonds is 9. The van der Waals surface area contributed by atoms with E-state index in [1.54, 1.807) is 24.1 Å². The van der Waals surface area contributed by atoms with Crippen LogP contribution in [-0.2, 0) is 9.59 Å². The van der Waals surface area contributed by atoms with E-state index in [0.717, 1.165) is 19.3 Å². The molecule has 0 aromatic carbocycles. The molecule has 0 unspecified atom stereocenters. The molecule has 0 bridgehead atoms. The van der Waals surface area contributed by atoms with Gasteiger partial charge in [0.25, 0.3) is 0 Å². The highest BCUT2D eigenvalue weighted by atomic mass is 16.4. The van der Waals surface area contributed by atoms with Crippen LogP contribution in [0.4, 0.5) is 0 Å². The smallest absolute Gasteiger partial charge is 0.303 e. The molecule has 1 N–H and O–H groups in total. The fraction of sp³-hybridized carbons (Fsp3) is 0.833. The minimum atomic E-state index is -0.817. The van der Waals surface area contributed by atoms with E-state index in [2.05, 4.69) is 6.92 Å². The third kappa shape index (κ3) is 7.74. The Morgan fingerprint density at radius 1 is 1.06 bits per heavy atom. The van der Waals surface area contributed by atoms with Crippen molar-refractivity contribution in [1.82, 2.24) is 10.0 Å². The van der Waals surface area contributed by atoms with Crippen LogP contribution < -0.4 is 0 Å². The number of hydrazine groups is 1. The van der Waals surface area contributed by atoms with Crippen LogP contribution in [0.3, 0.4) is 0 Å². The lowest BCUT2D eigenvalue weighted by Gasteiger charge is -2.28. The summed E-state index contributed by atoms with van der Waals surface area (Å²) >= 11 is 0. The molecule has 0 rings (SSSR count).